The summed E-state index contributed by atoms with van der Waals surface area (Å²) in [6, 6.07) is 15.3. The van der Waals surface area contributed by atoms with Gasteiger partial charge in [0, 0.05) is 0 Å². The number of fused-ring (bicyclic) bond motifs is 1. The van der Waals surface area contributed by atoms with Crippen LogP contribution in [0.25, 0.3) is 11.0 Å². The van der Waals surface area contributed by atoms with E-state index in [9.17, 15) is 4.79 Å². The maximum absolute atomic E-state index is 12.4. The predicted molar refractivity (Wildman–Crippen MR) is 82.2 cm³/mol. The summed E-state index contributed by atoms with van der Waals surface area (Å²) in [6.07, 6.45) is 0. The van der Waals surface area contributed by atoms with Gasteiger partial charge in [0.2, 0.25) is 0 Å². The summed E-state index contributed by atoms with van der Waals surface area (Å²) in [5.74, 6) is 0. The van der Waals surface area contributed by atoms with Crippen molar-refractivity contribution in [3.63, 3.8) is 0 Å². The zero-order chi connectivity index (χ0) is 14.8. The predicted octanol–water partition coefficient (Wildman–Crippen LogP) is 2.25. The third-order valence-corrected chi connectivity index (χ3v) is 3.56. The zero-order valence-electron chi connectivity index (χ0n) is 11.8. The van der Waals surface area contributed by atoms with E-state index < -0.39 is 0 Å². The minimum atomic E-state index is -0.0695. The Bertz CT molecular complexity index is 836. The van der Waals surface area contributed by atoms with Gasteiger partial charge < -0.3 is 9.67 Å². The Morgan fingerprint density at radius 1 is 1.05 bits per heavy atom. The second-order valence-electron chi connectivity index (χ2n) is 5.05. The number of para-hydroxylation sites is 2. The van der Waals surface area contributed by atoms with Crippen molar-refractivity contribution in [2.45, 2.75) is 20.1 Å². The fourth-order valence-corrected chi connectivity index (χ4v) is 2.41. The molecule has 0 atom stereocenters. The Morgan fingerprint density at radius 3 is 2.43 bits per heavy atom. The Hall–Kier alpha value is -2.46. The highest BCUT2D eigenvalue weighted by molar-refractivity contribution is 5.74. The van der Waals surface area contributed by atoms with E-state index in [1.54, 1.807) is 11.5 Å². The molecule has 3 rings (SSSR count). The molecule has 1 N–H and O–H groups in total. The second-order valence-corrected chi connectivity index (χ2v) is 5.05. The Labute approximate surface area is 122 Å². The van der Waals surface area contributed by atoms with Crippen LogP contribution >= 0.6 is 0 Å². The molecule has 21 heavy (non-hydrogen) atoms. The third kappa shape index (κ3) is 2.58. The van der Waals surface area contributed by atoms with Crippen molar-refractivity contribution >= 4 is 11.0 Å². The van der Waals surface area contributed by atoms with Crippen molar-refractivity contribution in [1.82, 2.24) is 9.55 Å². The maximum atomic E-state index is 12.4. The van der Waals surface area contributed by atoms with Crippen LogP contribution in [0.4, 0.5) is 0 Å². The molecule has 4 nitrogen and oxygen atoms in total. The molecule has 106 valence electrons. The lowest BCUT2D eigenvalue weighted by molar-refractivity contribution is 0.282. The highest BCUT2D eigenvalue weighted by Gasteiger charge is 2.08. The van der Waals surface area contributed by atoms with E-state index in [1.165, 1.54) is 0 Å². The molecule has 0 radical (unpaired) electrons. The molecule has 1 heterocycles. The van der Waals surface area contributed by atoms with Gasteiger partial charge in [0.05, 0.1) is 24.2 Å². The smallest absolute Gasteiger partial charge is 0.272 e. The van der Waals surface area contributed by atoms with Gasteiger partial charge in [-0.1, -0.05) is 36.4 Å². The summed E-state index contributed by atoms with van der Waals surface area (Å²) in [7, 11) is 0. The molecule has 0 bridgehead atoms. The number of aromatic nitrogens is 2. The van der Waals surface area contributed by atoms with Crippen LogP contribution in [-0.4, -0.2) is 14.7 Å². The fourth-order valence-electron chi connectivity index (χ4n) is 2.41. The molecular formula is C17H16N2O2. The van der Waals surface area contributed by atoms with Gasteiger partial charge in [0.25, 0.3) is 5.56 Å². The molecule has 2 aromatic carbocycles. The summed E-state index contributed by atoms with van der Waals surface area (Å²) in [6.45, 7) is 2.26. The number of aliphatic hydroxyl groups excluding tert-OH is 1. The van der Waals surface area contributed by atoms with E-state index in [1.807, 2.05) is 48.5 Å². The van der Waals surface area contributed by atoms with Gasteiger partial charge in [-0.2, -0.15) is 0 Å². The lowest BCUT2D eigenvalue weighted by atomic mass is 10.1. The molecule has 0 unspecified atom stereocenters. The van der Waals surface area contributed by atoms with Crippen molar-refractivity contribution in [3.8, 4) is 0 Å². The lowest BCUT2D eigenvalue weighted by Crippen LogP contribution is -2.24. The second kappa shape index (κ2) is 5.50. The van der Waals surface area contributed by atoms with E-state index in [-0.39, 0.29) is 12.2 Å². The molecular weight excluding hydrogens is 264 g/mol. The van der Waals surface area contributed by atoms with Crippen LogP contribution in [0.15, 0.2) is 53.3 Å². The minimum Gasteiger partial charge on any atom is -0.392 e. The number of aliphatic hydroxyl groups is 1. The van der Waals surface area contributed by atoms with Gasteiger partial charge in [0.1, 0.15) is 5.69 Å². The van der Waals surface area contributed by atoms with Crippen LogP contribution < -0.4 is 5.56 Å². The number of aryl methyl sites for hydroxylation is 1. The SMILES string of the molecule is Cc1nc2ccccc2n(Cc2ccc(CO)cc2)c1=O. The van der Waals surface area contributed by atoms with E-state index in [4.69, 9.17) is 5.11 Å². The summed E-state index contributed by atoms with van der Waals surface area (Å²) >= 11 is 0. The first kappa shape index (κ1) is 13.5. The third-order valence-electron chi connectivity index (χ3n) is 3.56. The molecule has 0 aliphatic heterocycles. The van der Waals surface area contributed by atoms with Crippen molar-refractivity contribution in [1.29, 1.82) is 0 Å². The fraction of sp³-hybridized carbons (Fsp3) is 0.176. The summed E-state index contributed by atoms with van der Waals surface area (Å²) in [4.78, 5) is 16.7. The van der Waals surface area contributed by atoms with Crippen LogP contribution in [0.5, 0.6) is 0 Å². The topological polar surface area (TPSA) is 55.1 Å². The molecule has 0 aliphatic rings. The number of nitrogens with zero attached hydrogens (tertiary/aromatic N) is 2. The van der Waals surface area contributed by atoms with E-state index in [0.717, 1.165) is 22.2 Å². The van der Waals surface area contributed by atoms with Crippen LogP contribution in [0.2, 0.25) is 0 Å². The monoisotopic (exact) mass is 280 g/mol. The van der Waals surface area contributed by atoms with Gasteiger partial charge in [-0.3, -0.25) is 4.79 Å². The highest BCUT2D eigenvalue weighted by atomic mass is 16.3. The molecule has 0 spiro atoms. The van der Waals surface area contributed by atoms with Crippen LogP contribution in [-0.2, 0) is 13.2 Å². The molecule has 4 heteroatoms. The first-order valence-corrected chi connectivity index (χ1v) is 6.84. The molecule has 0 saturated heterocycles. The number of benzene rings is 2. The van der Waals surface area contributed by atoms with Crippen molar-refractivity contribution in [3.05, 3.63) is 75.7 Å². The standard InChI is InChI=1S/C17H16N2O2/c1-12-17(21)19(16-5-3-2-4-15(16)18-12)10-13-6-8-14(11-20)9-7-13/h2-9,20H,10-11H2,1H3. The molecule has 0 saturated carbocycles. The zero-order valence-corrected chi connectivity index (χ0v) is 11.8. The van der Waals surface area contributed by atoms with Crippen molar-refractivity contribution < 1.29 is 5.11 Å². The van der Waals surface area contributed by atoms with Crippen LogP contribution in [0.1, 0.15) is 16.8 Å². The Balaban J connectivity index is 2.10. The van der Waals surface area contributed by atoms with Crippen LogP contribution in [0.3, 0.4) is 0 Å². The average molecular weight is 280 g/mol. The van der Waals surface area contributed by atoms with Gasteiger partial charge in [-0.15, -0.1) is 0 Å². The highest BCUT2D eigenvalue weighted by Crippen LogP contribution is 2.12. The summed E-state index contributed by atoms with van der Waals surface area (Å²) < 4.78 is 1.74. The number of hydrogen-bond donors (Lipinski definition) is 1. The van der Waals surface area contributed by atoms with E-state index >= 15 is 0 Å². The Kier molecular flexibility index (Phi) is 3.54. The molecule has 1 aromatic heterocycles. The molecule has 3 aromatic rings. The lowest BCUT2D eigenvalue weighted by Gasteiger charge is -2.11. The van der Waals surface area contributed by atoms with Gasteiger partial charge in [-0.25, -0.2) is 4.98 Å². The first-order valence-electron chi connectivity index (χ1n) is 6.84. The number of hydrogen-bond acceptors (Lipinski definition) is 3. The normalized spacial score (nSPS) is 11.0. The summed E-state index contributed by atoms with van der Waals surface area (Å²) in [5.41, 5.74) is 3.97. The van der Waals surface area contributed by atoms with Crippen molar-refractivity contribution in [2.24, 2.45) is 0 Å². The largest absolute Gasteiger partial charge is 0.392 e. The molecule has 0 amide bonds. The van der Waals surface area contributed by atoms with E-state index in [0.29, 0.717) is 12.2 Å². The average Bonchev–Trinajstić information content (AvgIpc) is 2.52. The van der Waals surface area contributed by atoms with Gasteiger partial charge in [0.15, 0.2) is 0 Å². The van der Waals surface area contributed by atoms with Gasteiger partial charge >= 0.3 is 0 Å². The van der Waals surface area contributed by atoms with Gasteiger partial charge in [-0.05, 0) is 30.2 Å². The number of rotatable bonds is 3. The van der Waals surface area contributed by atoms with E-state index in [2.05, 4.69) is 4.98 Å². The Morgan fingerprint density at radius 2 is 1.71 bits per heavy atom. The van der Waals surface area contributed by atoms with Crippen molar-refractivity contribution in [2.75, 3.05) is 0 Å². The van der Waals surface area contributed by atoms with Crippen LogP contribution in [0, 0.1) is 6.92 Å². The summed E-state index contributed by atoms with van der Waals surface area (Å²) in [5, 5.41) is 9.08. The minimum absolute atomic E-state index is 0.0253. The quantitative estimate of drug-likeness (QED) is 0.800. The molecule has 0 aliphatic carbocycles. The molecule has 0 fully saturated rings. The maximum Gasteiger partial charge on any atom is 0.272 e. The first-order chi connectivity index (χ1) is 10.2.